The van der Waals surface area contributed by atoms with Crippen molar-refractivity contribution in [2.24, 2.45) is 0 Å². The Labute approximate surface area is 94.1 Å². The summed E-state index contributed by atoms with van der Waals surface area (Å²) in [7, 11) is 1.57. The molecule has 84 valence electrons. The standard InChI is InChI=1S/C12H13FN2O/c1-9(7-8-14)15(2)12(16)10-5-3-4-6-11(10)13/h3-6,9H,7H2,1-2H3. The van der Waals surface area contributed by atoms with Crippen LogP contribution in [-0.2, 0) is 0 Å². The lowest BCUT2D eigenvalue weighted by atomic mass is 10.1. The highest BCUT2D eigenvalue weighted by atomic mass is 19.1. The molecule has 1 aromatic rings. The van der Waals surface area contributed by atoms with Crippen molar-refractivity contribution in [3.63, 3.8) is 0 Å². The molecular weight excluding hydrogens is 207 g/mol. The molecule has 16 heavy (non-hydrogen) atoms. The molecule has 0 saturated carbocycles. The van der Waals surface area contributed by atoms with Gasteiger partial charge in [-0.2, -0.15) is 5.26 Å². The van der Waals surface area contributed by atoms with Gasteiger partial charge >= 0.3 is 0 Å². The Balaban J connectivity index is 2.87. The van der Waals surface area contributed by atoms with Crippen molar-refractivity contribution < 1.29 is 9.18 Å². The highest BCUT2D eigenvalue weighted by Crippen LogP contribution is 2.11. The second-order valence-corrected chi connectivity index (χ2v) is 3.61. The minimum absolute atomic E-state index is 0.0368. The number of carbonyl (C=O) groups excluding carboxylic acids is 1. The van der Waals surface area contributed by atoms with E-state index in [-0.39, 0.29) is 18.0 Å². The molecule has 0 aliphatic carbocycles. The van der Waals surface area contributed by atoms with Gasteiger partial charge in [0.05, 0.1) is 18.1 Å². The van der Waals surface area contributed by atoms with Gasteiger partial charge in [-0.3, -0.25) is 4.79 Å². The minimum atomic E-state index is -0.538. The van der Waals surface area contributed by atoms with Crippen LogP contribution in [0.3, 0.4) is 0 Å². The van der Waals surface area contributed by atoms with E-state index in [4.69, 9.17) is 5.26 Å². The number of benzene rings is 1. The average Bonchev–Trinajstić information content (AvgIpc) is 2.28. The van der Waals surface area contributed by atoms with Gasteiger partial charge in [0.2, 0.25) is 0 Å². The van der Waals surface area contributed by atoms with Crippen molar-refractivity contribution in [3.05, 3.63) is 35.6 Å². The predicted octanol–water partition coefficient (Wildman–Crippen LogP) is 2.20. The van der Waals surface area contributed by atoms with Crippen molar-refractivity contribution in [1.29, 1.82) is 5.26 Å². The second kappa shape index (κ2) is 5.26. The predicted molar refractivity (Wildman–Crippen MR) is 58.2 cm³/mol. The summed E-state index contributed by atoms with van der Waals surface area (Å²) in [6.45, 7) is 1.75. The number of halogens is 1. The van der Waals surface area contributed by atoms with Gasteiger partial charge in [0.1, 0.15) is 5.82 Å². The number of hydrogen-bond donors (Lipinski definition) is 0. The first-order valence-corrected chi connectivity index (χ1v) is 4.96. The number of nitrogens with zero attached hydrogens (tertiary/aromatic N) is 2. The fraction of sp³-hybridized carbons (Fsp3) is 0.333. The van der Waals surface area contributed by atoms with Crippen LogP contribution < -0.4 is 0 Å². The molecule has 0 N–H and O–H groups in total. The van der Waals surface area contributed by atoms with Gasteiger partial charge in [0.15, 0.2) is 0 Å². The summed E-state index contributed by atoms with van der Waals surface area (Å²) < 4.78 is 13.3. The Kier molecular flexibility index (Phi) is 4.01. The first-order valence-electron chi connectivity index (χ1n) is 4.96. The Bertz CT molecular complexity index is 425. The van der Waals surface area contributed by atoms with Crippen molar-refractivity contribution in [2.75, 3.05) is 7.05 Å². The summed E-state index contributed by atoms with van der Waals surface area (Å²) in [5, 5.41) is 8.53. The van der Waals surface area contributed by atoms with Crippen LogP contribution in [0.25, 0.3) is 0 Å². The largest absolute Gasteiger partial charge is 0.338 e. The van der Waals surface area contributed by atoms with E-state index >= 15 is 0 Å². The molecule has 0 aromatic heterocycles. The maximum Gasteiger partial charge on any atom is 0.256 e. The van der Waals surface area contributed by atoms with Gasteiger partial charge < -0.3 is 4.90 Å². The monoisotopic (exact) mass is 220 g/mol. The molecule has 1 atom stereocenters. The molecule has 0 saturated heterocycles. The summed E-state index contributed by atoms with van der Waals surface area (Å²) in [6.07, 6.45) is 0.233. The first-order chi connectivity index (χ1) is 7.57. The molecule has 0 aliphatic heterocycles. The molecule has 0 fully saturated rings. The highest BCUT2D eigenvalue weighted by molar-refractivity contribution is 5.94. The molecule has 0 heterocycles. The fourth-order valence-electron chi connectivity index (χ4n) is 1.29. The molecule has 1 rings (SSSR count). The molecule has 0 radical (unpaired) electrons. The third-order valence-electron chi connectivity index (χ3n) is 2.47. The van der Waals surface area contributed by atoms with Crippen LogP contribution in [0.4, 0.5) is 4.39 Å². The van der Waals surface area contributed by atoms with Gasteiger partial charge in [-0.15, -0.1) is 0 Å². The number of rotatable bonds is 3. The van der Waals surface area contributed by atoms with E-state index in [2.05, 4.69) is 0 Å². The van der Waals surface area contributed by atoms with Gasteiger partial charge in [0.25, 0.3) is 5.91 Å². The zero-order chi connectivity index (χ0) is 12.1. The van der Waals surface area contributed by atoms with Gasteiger partial charge in [0, 0.05) is 13.1 Å². The van der Waals surface area contributed by atoms with E-state index in [0.717, 1.165) is 0 Å². The van der Waals surface area contributed by atoms with E-state index in [0.29, 0.717) is 0 Å². The molecule has 0 bridgehead atoms. The van der Waals surface area contributed by atoms with E-state index in [1.807, 2.05) is 6.07 Å². The van der Waals surface area contributed by atoms with Gasteiger partial charge in [-0.25, -0.2) is 4.39 Å². The van der Waals surface area contributed by atoms with E-state index in [1.165, 1.54) is 23.1 Å². The molecule has 3 nitrogen and oxygen atoms in total. The van der Waals surface area contributed by atoms with Crippen molar-refractivity contribution in [3.8, 4) is 6.07 Å². The third-order valence-corrected chi connectivity index (χ3v) is 2.47. The molecular formula is C12H13FN2O. The zero-order valence-electron chi connectivity index (χ0n) is 9.27. The highest BCUT2D eigenvalue weighted by Gasteiger charge is 2.19. The summed E-state index contributed by atoms with van der Waals surface area (Å²) >= 11 is 0. The number of nitriles is 1. The van der Waals surface area contributed by atoms with Crippen molar-refractivity contribution in [2.45, 2.75) is 19.4 Å². The lowest BCUT2D eigenvalue weighted by Gasteiger charge is -2.23. The van der Waals surface area contributed by atoms with Crippen LogP contribution >= 0.6 is 0 Å². The second-order valence-electron chi connectivity index (χ2n) is 3.61. The molecule has 1 amide bonds. The van der Waals surface area contributed by atoms with Crippen LogP contribution in [0.5, 0.6) is 0 Å². The van der Waals surface area contributed by atoms with Crippen LogP contribution in [-0.4, -0.2) is 23.9 Å². The van der Waals surface area contributed by atoms with Crippen LogP contribution in [0.2, 0.25) is 0 Å². The molecule has 1 unspecified atom stereocenters. The molecule has 0 aliphatic rings. The first kappa shape index (κ1) is 12.2. The van der Waals surface area contributed by atoms with Gasteiger partial charge in [-0.1, -0.05) is 12.1 Å². The maximum absolute atomic E-state index is 13.3. The Morgan fingerprint density at radius 1 is 1.56 bits per heavy atom. The van der Waals surface area contributed by atoms with E-state index < -0.39 is 11.7 Å². The number of amides is 1. The van der Waals surface area contributed by atoms with Crippen molar-refractivity contribution in [1.82, 2.24) is 4.90 Å². The zero-order valence-corrected chi connectivity index (χ0v) is 9.27. The number of hydrogen-bond acceptors (Lipinski definition) is 2. The average molecular weight is 220 g/mol. The quantitative estimate of drug-likeness (QED) is 0.783. The van der Waals surface area contributed by atoms with Gasteiger partial charge in [-0.05, 0) is 19.1 Å². The molecule has 1 aromatic carbocycles. The number of carbonyl (C=O) groups is 1. The summed E-state index contributed by atoms with van der Waals surface area (Å²) in [5.41, 5.74) is 0.0368. The van der Waals surface area contributed by atoms with Crippen LogP contribution in [0.15, 0.2) is 24.3 Å². The van der Waals surface area contributed by atoms with E-state index in [1.54, 1.807) is 20.0 Å². The maximum atomic E-state index is 13.3. The van der Waals surface area contributed by atoms with Crippen molar-refractivity contribution >= 4 is 5.91 Å². The Hall–Kier alpha value is -1.89. The normalized spacial score (nSPS) is 11.6. The van der Waals surface area contributed by atoms with Crippen LogP contribution in [0.1, 0.15) is 23.7 Å². The fourth-order valence-corrected chi connectivity index (χ4v) is 1.29. The Morgan fingerprint density at radius 3 is 2.75 bits per heavy atom. The minimum Gasteiger partial charge on any atom is -0.338 e. The summed E-state index contributed by atoms with van der Waals surface area (Å²) in [4.78, 5) is 13.2. The summed E-state index contributed by atoms with van der Waals surface area (Å²) in [5.74, 6) is -0.940. The summed E-state index contributed by atoms with van der Waals surface area (Å²) in [6, 6.07) is 7.58. The molecule has 0 spiro atoms. The Morgan fingerprint density at radius 2 is 2.19 bits per heavy atom. The SMILES string of the molecule is CC(CC#N)N(C)C(=O)c1ccccc1F. The smallest absolute Gasteiger partial charge is 0.256 e. The topological polar surface area (TPSA) is 44.1 Å². The lowest BCUT2D eigenvalue weighted by Crippen LogP contribution is -2.35. The van der Waals surface area contributed by atoms with Crippen LogP contribution in [0, 0.1) is 17.1 Å². The molecule has 4 heteroatoms. The van der Waals surface area contributed by atoms with E-state index in [9.17, 15) is 9.18 Å². The lowest BCUT2D eigenvalue weighted by molar-refractivity contribution is 0.0741. The third kappa shape index (κ3) is 2.57.